The summed E-state index contributed by atoms with van der Waals surface area (Å²) in [5.74, 6) is -1.55. The maximum absolute atomic E-state index is 13.8. The Morgan fingerprint density at radius 2 is 1.76 bits per heavy atom. The zero-order valence-corrected chi connectivity index (χ0v) is 17.6. The van der Waals surface area contributed by atoms with E-state index in [1.807, 2.05) is 6.07 Å². The number of halogens is 5. The Bertz CT molecular complexity index is 1410. The standard InChI is InChI=1S/C23H16F5N5O/c1-2-22(34,23(26,27)28)21-12-33(32-31-21)11-13-3-4-18-19(9-17(10-29)30-20(18)5-13)14-6-15(24)8-16(25)7-14/h3-9,12,34H,2,11H2,1H3. The maximum atomic E-state index is 13.8. The minimum absolute atomic E-state index is 0.00296. The van der Waals surface area contributed by atoms with Crippen LogP contribution in [-0.2, 0) is 12.1 Å². The molecule has 0 saturated carbocycles. The first-order chi connectivity index (χ1) is 16.0. The molecule has 2 aromatic carbocycles. The van der Waals surface area contributed by atoms with Crippen LogP contribution in [0.5, 0.6) is 0 Å². The highest BCUT2D eigenvalue weighted by molar-refractivity contribution is 5.95. The molecule has 1 N–H and O–H groups in total. The second-order valence-corrected chi connectivity index (χ2v) is 7.69. The SMILES string of the molecule is CCC(O)(c1cn(Cc2ccc3c(-c4cc(F)cc(F)c4)cc(C#N)nc3c2)nn1)C(F)(F)F. The van der Waals surface area contributed by atoms with Gasteiger partial charge in [-0.25, -0.2) is 18.4 Å². The average molecular weight is 473 g/mol. The van der Waals surface area contributed by atoms with E-state index in [9.17, 15) is 32.3 Å². The fraction of sp³-hybridized carbons (Fsp3) is 0.217. The van der Waals surface area contributed by atoms with Gasteiger partial charge in [-0.3, -0.25) is 0 Å². The second-order valence-electron chi connectivity index (χ2n) is 7.69. The molecule has 4 rings (SSSR count). The van der Waals surface area contributed by atoms with Crippen LogP contribution >= 0.6 is 0 Å². The summed E-state index contributed by atoms with van der Waals surface area (Å²) in [7, 11) is 0. The van der Waals surface area contributed by atoms with E-state index in [-0.39, 0.29) is 17.8 Å². The van der Waals surface area contributed by atoms with Gasteiger partial charge in [0.1, 0.15) is 29.1 Å². The Labute approximate surface area is 189 Å². The van der Waals surface area contributed by atoms with Crippen molar-refractivity contribution in [3.8, 4) is 17.2 Å². The van der Waals surface area contributed by atoms with Crippen molar-refractivity contribution in [1.82, 2.24) is 20.0 Å². The number of aromatic nitrogens is 4. The van der Waals surface area contributed by atoms with Crippen LogP contribution in [0.1, 0.15) is 30.3 Å². The Balaban J connectivity index is 1.73. The van der Waals surface area contributed by atoms with Gasteiger partial charge in [0.15, 0.2) is 0 Å². The molecule has 174 valence electrons. The Morgan fingerprint density at radius 1 is 1.06 bits per heavy atom. The molecule has 34 heavy (non-hydrogen) atoms. The molecule has 0 radical (unpaired) electrons. The van der Waals surface area contributed by atoms with E-state index in [1.54, 1.807) is 18.2 Å². The number of nitrogens with zero attached hydrogens (tertiary/aromatic N) is 5. The first-order valence-corrected chi connectivity index (χ1v) is 10.0. The molecule has 0 amide bonds. The highest BCUT2D eigenvalue weighted by atomic mass is 19.4. The molecule has 0 saturated heterocycles. The van der Waals surface area contributed by atoms with Crippen molar-refractivity contribution < 1.29 is 27.1 Å². The summed E-state index contributed by atoms with van der Waals surface area (Å²) < 4.78 is 68.5. The minimum Gasteiger partial charge on any atom is -0.375 e. The van der Waals surface area contributed by atoms with Gasteiger partial charge in [0.2, 0.25) is 5.60 Å². The van der Waals surface area contributed by atoms with Crippen molar-refractivity contribution in [3.63, 3.8) is 0 Å². The largest absolute Gasteiger partial charge is 0.423 e. The van der Waals surface area contributed by atoms with Gasteiger partial charge in [-0.2, -0.15) is 18.4 Å². The summed E-state index contributed by atoms with van der Waals surface area (Å²) in [5.41, 5.74) is -2.19. The van der Waals surface area contributed by atoms with Crippen LogP contribution in [0.15, 0.2) is 48.7 Å². The van der Waals surface area contributed by atoms with Gasteiger partial charge in [-0.05, 0) is 47.4 Å². The zero-order chi connectivity index (χ0) is 24.7. The molecule has 6 nitrogen and oxygen atoms in total. The number of fused-ring (bicyclic) bond motifs is 1. The first-order valence-electron chi connectivity index (χ1n) is 10.0. The molecule has 0 aliphatic heterocycles. The van der Waals surface area contributed by atoms with Crippen molar-refractivity contribution in [3.05, 3.63) is 77.2 Å². The van der Waals surface area contributed by atoms with E-state index in [0.717, 1.165) is 29.1 Å². The lowest BCUT2D eigenvalue weighted by atomic mass is 9.96. The van der Waals surface area contributed by atoms with Crippen LogP contribution in [0.3, 0.4) is 0 Å². The van der Waals surface area contributed by atoms with Crippen molar-refractivity contribution in [2.45, 2.75) is 31.7 Å². The number of pyridine rings is 1. The summed E-state index contributed by atoms with van der Waals surface area (Å²) in [6, 6.07) is 11.2. The third-order valence-corrected chi connectivity index (χ3v) is 5.45. The second kappa shape index (κ2) is 8.46. The molecule has 1 atom stereocenters. The lowest BCUT2D eigenvalue weighted by Gasteiger charge is -2.26. The van der Waals surface area contributed by atoms with Crippen LogP contribution < -0.4 is 0 Å². The number of aliphatic hydroxyl groups is 1. The topological polar surface area (TPSA) is 87.6 Å². The Morgan fingerprint density at radius 3 is 2.38 bits per heavy atom. The van der Waals surface area contributed by atoms with E-state index in [1.165, 1.54) is 13.0 Å². The van der Waals surface area contributed by atoms with Crippen molar-refractivity contribution in [2.24, 2.45) is 0 Å². The number of alkyl halides is 3. The maximum Gasteiger partial charge on any atom is 0.423 e. The van der Waals surface area contributed by atoms with Crippen molar-refractivity contribution in [1.29, 1.82) is 5.26 Å². The summed E-state index contributed by atoms with van der Waals surface area (Å²) in [5, 5.41) is 27.1. The summed E-state index contributed by atoms with van der Waals surface area (Å²) in [6.45, 7) is 1.19. The third-order valence-electron chi connectivity index (χ3n) is 5.45. The number of benzene rings is 2. The van der Waals surface area contributed by atoms with E-state index in [4.69, 9.17) is 0 Å². The highest BCUT2D eigenvalue weighted by Gasteiger charge is 2.55. The van der Waals surface area contributed by atoms with Crippen LogP contribution in [0.4, 0.5) is 22.0 Å². The average Bonchev–Trinajstić information content (AvgIpc) is 3.24. The molecular formula is C23H16F5N5O. The molecule has 11 heteroatoms. The lowest BCUT2D eigenvalue weighted by Crippen LogP contribution is -2.42. The van der Waals surface area contributed by atoms with Crippen LogP contribution in [0.2, 0.25) is 0 Å². The number of hydrogen-bond acceptors (Lipinski definition) is 5. The monoisotopic (exact) mass is 473 g/mol. The third kappa shape index (κ3) is 4.20. The van der Waals surface area contributed by atoms with Gasteiger partial charge in [-0.15, -0.1) is 5.10 Å². The van der Waals surface area contributed by atoms with Crippen LogP contribution in [0, 0.1) is 23.0 Å². The van der Waals surface area contributed by atoms with Gasteiger partial charge < -0.3 is 5.11 Å². The van der Waals surface area contributed by atoms with Crippen LogP contribution in [0.25, 0.3) is 22.0 Å². The quantitative estimate of drug-likeness (QED) is 0.419. The summed E-state index contributed by atoms with van der Waals surface area (Å²) in [4.78, 5) is 4.23. The van der Waals surface area contributed by atoms with E-state index in [0.29, 0.717) is 22.0 Å². The highest BCUT2D eigenvalue weighted by Crippen LogP contribution is 2.40. The van der Waals surface area contributed by atoms with Gasteiger partial charge in [0, 0.05) is 11.5 Å². The molecule has 4 aromatic rings. The van der Waals surface area contributed by atoms with E-state index in [2.05, 4.69) is 15.3 Å². The Kier molecular flexibility index (Phi) is 5.79. The summed E-state index contributed by atoms with van der Waals surface area (Å²) in [6.07, 6.45) is -4.54. The molecule has 0 fully saturated rings. The fourth-order valence-electron chi connectivity index (χ4n) is 3.66. The zero-order valence-electron chi connectivity index (χ0n) is 17.6. The normalized spacial score (nSPS) is 13.6. The molecule has 0 aliphatic rings. The molecule has 2 aromatic heterocycles. The molecule has 0 aliphatic carbocycles. The van der Waals surface area contributed by atoms with Crippen LogP contribution in [-0.4, -0.2) is 31.3 Å². The number of hydrogen-bond donors (Lipinski definition) is 1. The van der Waals surface area contributed by atoms with Gasteiger partial charge >= 0.3 is 6.18 Å². The molecular weight excluding hydrogens is 457 g/mol. The Hall–Kier alpha value is -3.91. The first kappa shape index (κ1) is 23.3. The van der Waals surface area contributed by atoms with Crippen molar-refractivity contribution in [2.75, 3.05) is 0 Å². The molecule has 2 heterocycles. The molecule has 0 spiro atoms. The molecule has 0 bridgehead atoms. The summed E-state index contributed by atoms with van der Waals surface area (Å²) >= 11 is 0. The van der Waals surface area contributed by atoms with Gasteiger partial charge in [0.25, 0.3) is 0 Å². The van der Waals surface area contributed by atoms with E-state index >= 15 is 0 Å². The van der Waals surface area contributed by atoms with Gasteiger partial charge in [0.05, 0.1) is 18.3 Å². The lowest BCUT2D eigenvalue weighted by molar-refractivity contribution is -0.269. The predicted molar refractivity (Wildman–Crippen MR) is 111 cm³/mol. The fourth-order valence-corrected chi connectivity index (χ4v) is 3.66. The van der Waals surface area contributed by atoms with Gasteiger partial charge in [-0.1, -0.05) is 24.3 Å². The minimum atomic E-state index is -4.92. The smallest absolute Gasteiger partial charge is 0.375 e. The van der Waals surface area contributed by atoms with Crippen molar-refractivity contribution >= 4 is 10.9 Å². The number of rotatable bonds is 5. The van der Waals surface area contributed by atoms with E-state index < -0.39 is 35.5 Å². The number of nitriles is 1. The molecule has 1 unspecified atom stereocenters. The predicted octanol–water partition coefficient (Wildman–Crippen LogP) is 4.85.